The number of oxime groups is 1. The van der Waals surface area contributed by atoms with Crippen molar-refractivity contribution in [3.8, 4) is 0 Å². The van der Waals surface area contributed by atoms with Gasteiger partial charge in [0.2, 0.25) is 5.91 Å². The number of amides is 1. The largest absolute Gasteiger partial charge is 0.385 e. The fourth-order valence-electron chi connectivity index (χ4n) is 3.73. The van der Waals surface area contributed by atoms with Crippen LogP contribution in [-0.4, -0.2) is 40.4 Å². The third-order valence-corrected chi connectivity index (χ3v) is 5.41. The smallest absolute Gasteiger partial charge is 0.236 e. The lowest BCUT2D eigenvalue weighted by Crippen LogP contribution is -2.65. The second-order valence-electron chi connectivity index (χ2n) is 7.38. The molecule has 2 saturated carbocycles. The first-order chi connectivity index (χ1) is 10.6. The Hall–Kier alpha value is -1.85. The maximum absolute atomic E-state index is 12.8. The molecule has 2 aliphatic carbocycles. The summed E-state index contributed by atoms with van der Waals surface area (Å²) >= 11 is 0. The van der Waals surface area contributed by atoms with Gasteiger partial charge in [-0.2, -0.15) is 0 Å². The average Bonchev–Trinajstić information content (AvgIpc) is 3.39. The number of nitrogens with zero attached hydrogens (tertiary/aromatic N) is 3. The van der Waals surface area contributed by atoms with E-state index < -0.39 is 5.41 Å². The van der Waals surface area contributed by atoms with Crippen molar-refractivity contribution in [2.24, 2.45) is 11.1 Å². The monoisotopic (exact) mass is 301 g/mol. The van der Waals surface area contributed by atoms with Crippen LogP contribution in [0.1, 0.15) is 43.6 Å². The van der Waals surface area contributed by atoms with Crippen molar-refractivity contribution in [1.29, 1.82) is 0 Å². The summed E-state index contributed by atoms with van der Waals surface area (Å²) in [5.74, 6) is 1.53. The maximum atomic E-state index is 12.8. The lowest BCUT2D eigenvalue weighted by Gasteiger charge is -2.46. The van der Waals surface area contributed by atoms with E-state index in [4.69, 9.17) is 9.36 Å². The second-order valence-corrected chi connectivity index (χ2v) is 7.38. The van der Waals surface area contributed by atoms with Gasteiger partial charge in [-0.05, 0) is 32.6 Å². The summed E-state index contributed by atoms with van der Waals surface area (Å²) in [5.41, 5.74) is 1.35. The van der Waals surface area contributed by atoms with Gasteiger partial charge in [0.25, 0.3) is 0 Å². The van der Waals surface area contributed by atoms with Gasteiger partial charge in [-0.25, -0.2) is 0 Å². The number of carbonyl (C=O) groups is 1. The van der Waals surface area contributed by atoms with Crippen LogP contribution in [0.3, 0.4) is 0 Å². The zero-order valence-electron chi connectivity index (χ0n) is 12.7. The number of rotatable bonds is 3. The van der Waals surface area contributed by atoms with Crippen molar-refractivity contribution in [2.75, 3.05) is 13.1 Å². The molecule has 116 valence electrons. The molecule has 0 bridgehead atoms. The van der Waals surface area contributed by atoms with Crippen molar-refractivity contribution in [3.63, 3.8) is 0 Å². The lowest BCUT2D eigenvalue weighted by atomic mass is 9.86. The molecule has 1 amide bonds. The van der Waals surface area contributed by atoms with E-state index in [0.29, 0.717) is 19.0 Å². The third kappa shape index (κ3) is 1.69. The Labute approximate surface area is 128 Å². The van der Waals surface area contributed by atoms with Crippen LogP contribution < -0.4 is 0 Å². The maximum Gasteiger partial charge on any atom is 0.236 e. The van der Waals surface area contributed by atoms with Gasteiger partial charge in [-0.3, -0.25) is 4.79 Å². The van der Waals surface area contributed by atoms with Gasteiger partial charge >= 0.3 is 0 Å². The molecule has 0 radical (unpaired) electrons. The summed E-state index contributed by atoms with van der Waals surface area (Å²) in [6.07, 6.45) is 5.10. The van der Waals surface area contributed by atoms with Gasteiger partial charge in [-0.1, -0.05) is 10.3 Å². The fourth-order valence-corrected chi connectivity index (χ4v) is 3.73. The van der Waals surface area contributed by atoms with Crippen LogP contribution in [0.15, 0.2) is 15.7 Å². The third-order valence-electron chi connectivity index (χ3n) is 5.41. The highest BCUT2D eigenvalue weighted by molar-refractivity contribution is 5.93. The molecule has 0 aromatic carbocycles. The number of likely N-dealkylation sites (tertiary alicyclic amines) is 1. The molecule has 1 saturated heterocycles. The van der Waals surface area contributed by atoms with Gasteiger partial charge in [0.1, 0.15) is 5.41 Å². The standard InChI is InChI=1S/C16H19N3O3/c1-10-6-13(21-17-10)16(4-5-16)14(20)19-8-15(9-19)7-12(18-22-15)11-2-3-11/h6,11H,2-5,7-9H2,1H3. The Morgan fingerprint density at radius 3 is 2.73 bits per heavy atom. The van der Waals surface area contributed by atoms with E-state index in [1.807, 2.05) is 17.9 Å². The molecule has 1 aromatic rings. The summed E-state index contributed by atoms with van der Waals surface area (Å²) in [4.78, 5) is 20.4. The van der Waals surface area contributed by atoms with Crippen molar-refractivity contribution in [1.82, 2.24) is 10.1 Å². The molecular weight excluding hydrogens is 282 g/mol. The molecule has 6 heteroatoms. The van der Waals surface area contributed by atoms with Crippen LogP contribution in [0, 0.1) is 12.8 Å². The molecule has 0 N–H and O–H groups in total. The number of aromatic nitrogens is 1. The quantitative estimate of drug-likeness (QED) is 0.853. The highest BCUT2D eigenvalue weighted by Gasteiger charge is 2.61. The van der Waals surface area contributed by atoms with E-state index in [1.165, 1.54) is 18.6 Å². The fraction of sp³-hybridized carbons (Fsp3) is 0.688. The zero-order valence-corrected chi connectivity index (χ0v) is 12.7. The molecule has 1 aromatic heterocycles. The lowest BCUT2D eigenvalue weighted by molar-refractivity contribution is -0.165. The van der Waals surface area contributed by atoms with Crippen LogP contribution in [0.5, 0.6) is 0 Å². The van der Waals surface area contributed by atoms with Crippen molar-refractivity contribution < 1.29 is 14.2 Å². The molecule has 0 unspecified atom stereocenters. The normalized spacial score (nSPS) is 27.3. The van der Waals surface area contributed by atoms with Gasteiger partial charge in [-0.15, -0.1) is 0 Å². The first-order valence-electron chi connectivity index (χ1n) is 8.08. The van der Waals surface area contributed by atoms with Crippen molar-refractivity contribution in [2.45, 2.75) is 50.0 Å². The minimum absolute atomic E-state index is 0.165. The average molecular weight is 301 g/mol. The first-order valence-corrected chi connectivity index (χ1v) is 8.08. The zero-order chi connectivity index (χ0) is 14.9. The Kier molecular flexibility index (Phi) is 2.25. The molecule has 2 aliphatic heterocycles. The van der Waals surface area contributed by atoms with Gasteiger partial charge in [0.05, 0.1) is 24.5 Å². The van der Waals surface area contributed by atoms with E-state index in [0.717, 1.165) is 30.7 Å². The number of aryl methyl sites for hydroxylation is 1. The molecule has 4 aliphatic rings. The summed E-state index contributed by atoms with van der Waals surface area (Å²) in [5, 5.41) is 8.18. The SMILES string of the molecule is Cc1cc(C2(C(=O)N3CC4(CC(C5CC5)=NO4)C3)CC2)on1. The van der Waals surface area contributed by atoms with Crippen molar-refractivity contribution >= 4 is 11.6 Å². The summed E-state index contributed by atoms with van der Waals surface area (Å²) in [7, 11) is 0. The van der Waals surface area contributed by atoms with E-state index in [1.54, 1.807) is 0 Å². The van der Waals surface area contributed by atoms with E-state index >= 15 is 0 Å². The summed E-state index contributed by atoms with van der Waals surface area (Å²) in [6, 6.07) is 1.89. The predicted molar refractivity (Wildman–Crippen MR) is 77.3 cm³/mol. The molecule has 5 rings (SSSR count). The predicted octanol–water partition coefficient (Wildman–Crippen LogP) is 1.78. The molecule has 3 heterocycles. The molecule has 22 heavy (non-hydrogen) atoms. The van der Waals surface area contributed by atoms with Crippen LogP contribution >= 0.6 is 0 Å². The summed E-state index contributed by atoms with van der Waals surface area (Å²) < 4.78 is 5.35. The summed E-state index contributed by atoms with van der Waals surface area (Å²) in [6.45, 7) is 3.19. The molecule has 0 atom stereocenters. The van der Waals surface area contributed by atoms with Crippen LogP contribution in [0.2, 0.25) is 0 Å². The van der Waals surface area contributed by atoms with Crippen molar-refractivity contribution in [3.05, 3.63) is 17.5 Å². The molecule has 3 fully saturated rings. The molecule has 1 spiro atoms. The number of hydrogen-bond acceptors (Lipinski definition) is 5. The Morgan fingerprint density at radius 1 is 1.36 bits per heavy atom. The minimum Gasteiger partial charge on any atom is -0.385 e. The van der Waals surface area contributed by atoms with E-state index in [2.05, 4.69) is 10.3 Å². The molecular formula is C16H19N3O3. The van der Waals surface area contributed by atoms with Gasteiger partial charge < -0.3 is 14.3 Å². The molecule has 6 nitrogen and oxygen atoms in total. The highest BCUT2D eigenvalue weighted by atomic mass is 16.7. The van der Waals surface area contributed by atoms with E-state index in [-0.39, 0.29) is 11.5 Å². The second kappa shape index (κ2) is 3.91. The number of hydrogen-bond donors (Lipinski definition) is 0. The Morgan fingerprint density at radius 2 is 2.14 bits per heavy atom. The first kappa shape index (κ1) is 12.7. The Bertz CT molecular complexity index is 679. The topological polar surface area (TPSA) is 67.9 Å². The van der Waals surface area contributed by atoms with Crippen LogP contribution in [0.4, 0.5) is 0 Å². The Balaban J connectivity index is 1.27. The minimum atomic E-state index is -0.457. The van der Waals surface area contributed by atoms with Crippen LogP contribution in [0.25, 0.3) is 0 Å². The van der Waals surface area contributed by atoms with E-state index in [9.17, 15) is 4.79 Å². The number of carbonyl (C=O) groups excluding carboxylic acids is 1. The van der Waals surface area contributed by atoms with Gasteiger partial charge in [0, 0.05) is 18.4 Å². The highest BCUT2D eigenvalue weighted by Crippen LogP contribution is 2.52. The van der Waals surface area contributed by atoms with Crippen LogP contribution in [-0.2, 0) is 15.0 Å². The van der Waals surface area contributed by atoms with Gasteiger partial charge in [0.15, 0.2) is 11.4 Å².